The van der Waals surface area contributed by atoms with Crippen molar-refractivity contribution in [2.24, 2.45) is 5.73 Å². The lowest BCUT2D eigenvalue weighted by Crippen LogP contribution is -2.27. The van der Waals surface area contributed by atoms with Crippen LogP contribution in [0.25, 0.3) is 11.1 Å². The van der Waals surface area contributed by atoms with Gasteiger partial charge < -0.3 is 10.8 Å². The number of rotatable bonds is 6. The number of hydrogen-bond donors (Lipinski definition) is 2. The summed E-state index contributed by atoms with van der Waals surface area (Å²) in [5.41, 5.74) is 8.13. The third-order valence-corrected chi connectivity index (χ3v) is 6.34. The lowest BCUT2D eigenvalue weighted by molar-refractivity contribution is -0.137. The second-order valence-corrected chi connectivity index (χ2v) is 8.63. The minimum atomic E-state index is -4.45. The van der Waals surface area contributed by atoms with Crippen molar-refractivity contribution >= 4 is 5.91 Å². The zero-order chi connectivity index (χ0) is 24.3. The summed E-state index contributed by atoms with van der Waals surface area (Å²) in [5.74, 6) is -0.990. The van der Waals surface area contributed by atoms with E-state index in [1.165, 1.54) is 12.1 Å². The average Bonchev–Trinajstić information content (AvgIpc) is 2.83. The van der Waals surface area contributed by atoms with Crippen LogP contribution in [0.3, 0.4) is 0 Å². The van der Waals surface area contributed by atoms with E-state index in [2.05, 4.69) is 4.98 Å². The maximum atomic E-state index is 13.1. The molecule has 2 aromatic heterocycles. The number of nitrogens with two attached hydrogens (primary N) is 1. The van der Waals surface area contributed by atoms with Crippen LogP contribution >= 0.6 is 0 Å². The number of pyridine rings is 2. The molecule has 2 atom stereocenters. The van der Waals surface area contributed by atoms with Gasteiger partial charge in [0.1, 0.15) is 0 Å². The number of benzene rings is 1. The van der Waals surface area contributed by atoms with E-state index < -0.39 is 23.8 Å². The molecule has 5 nitrogen and oxygen atoms in total. The number of aromatic nitrogens is 2. The molecule has 3 aromatic rings. The summed E-state index contributed by atoms with van der Waals surface area (Å²) in [6, 6.07) is 12.0. The standard InChI is InChI=1S/C26H26F3N3O2/c27-26(28,29)17-10-8-16(9-11-17)20-15-21(25(30)34)24(19-6-1-2-7-23(19)33)32-22(20)13-12-18-5-3-4-14-31-18/h3-5,8-11,14-15,19,23,33H,1-2,6-7,12-13H2,(H2,30,34)/t19-,23+/m0/s1. The highest BCUT2D eigenvalue weighted by molar-refractivity contribution is 5.95. The Morgan fingerprint density at radius 1 is 1.06 bits per heavy atom. The minimum Gasteiger partial charge on any atom is -0.392 e. The van der Waals surface area contributed by atoms with E-state index >= 15 is 0 Å². The van der Waals surface area contributed by atoms with Gasteiger partial charge in [0.25, 0.3) is 5.91 Å². The predicted molar refractivity (Wildman–Crippen MR) is 122 cm³/mol. The first-order valence-electron chi connectivity index (χ1n) is 11.3. The smallest absolute Gasteiger partial charge is 0.392 e. The van der Waals surface area contributed by atoms with Crippen molar-refractivity contribution in [2.45, 2.75) is 56.7 Å². The summed E-state index contributed by atoms with van der Waals surface area (Å²) < 4.78 is 39.2. The molecule has 4 rings (SSSR count). The topological polar surface area (TPSA) is 89.1 Å². The van der Waals surface area contributed by atoms with Gasteiger partial charge in [0.05, 0.1) is 22.9 Å². The van der Waals surface area contributed by atoms with Crippen molar-refractivity contribution in [1.29, 1.82) is 0 Å². The second-order valence-electron chi connectivity index (χ2n) is 8.63. The molecule has 1 saturated carbocycles. The van der Waals surface area contributed by atoms with E-state index in [1.807, 2.05) is 18.2 Å². The number of carbonyl (C=O) groups is 1. The van der Waals surface area contributed by atoms with Crippen LogP contribution in [-0.4, -0.2) is 27.1 Å². The second kappa shape index (κ2) is 9.93. The van der Waals surface area contributed by atoms with Crippen LogP contribution in [0, 0.1) is 0 Å². The van der Waals surface area contributed by atoms with Gasteiger partial charge in [-0.05, 0) is 61.6 Å². The normalized spacial score (nSPS) is 18.6. The van der Waals surface area contributed by atoms with Crippen molar-refractivity contribution < 1.29 is 23.1 Å². The number of aliphatic hydroxyl groups is 1. The van der Waals surface area contributed by atoms with Crippen molar-refractivity contribution in [3.8, 4) is 11.1 Å². The SMILES string of the molecule is NC(=O)c1cc(-c2ccc(C(F)(F)F)cc2)c(CCc2ccccn2)nc1[C@H]1CCCC[C@H]1O. The zero-order valence-electron chi connectivity index (χ0n) is 18.6. The Hall–Kier alpha value is -3.26. The van der Waals surface area contributed by atoms with Crippen molar-refractivity contribution in [2.75, 3.05) is 0 Å². The molecule has 1 aliphatic rings. The monoisotopic (exact) mass is 469 g/mol. The number of nitrogens with zero attached hydrogens (tertiary/aromatic N) is 2. The molecular weight excluding hydrogens is 443 g/mol. The Balaban J connectivity index is 1.80. The van der Waals surface area contributed by atoms with Gasteiger partial charge in [-0.1, -0.05) is 31.0 Å². The Labute approximate surface area is 195 Å². The third-order valence-electron chi connectivity index (χ3n) is 6.34. The first-order chi connectivity index (χ1) is 16.2. The highest BCUT2D eigenvalue weighted by Crippen LogP contribution is 2.37. The fourth-order valence-corrected chi connectivity index (χ4v) is 4.55. The molecular formula is C26H26F3N3O2. The predicted octanol–water partition coefficient (Wildman–Crippen LogP) is 5.07. The first kappa shape index (κ1) is 23.9. The molecule has 0 bridgehead atoms. The van der Waals surface area contributed by atoms with Gasteiger partial charge in [0, 0.05) is 29.1 Å². The maximum absolute atomic E-state index is 13.1. The maximum Gasteiger partial charge on any atom is 0.416 e. The highest BCUT2D eigenvalue weighted by Gasteiger charge is 2.32. The molecule has 8 heteroatoms. The minimum absolute atomic E-state index is 0.197. The summed E-state index contributed by atoms with van der Waals surface area (Å²) >= 11 is 0. The summed E-state index contributed by atoms with van der Waals surface area (Å²) in [7, 11) is 0. The van der Waals surface area contributed by atoms with E-state index in [9.17, 15) is 23.1 Å². The molecule has 0 aliphatic heterocycles. The molecule has 2 heterocycles. The van der Waals surface area contributed by atoms with Gasteiger partial charge in [-0.25, -0.2) is 0 Å². The molecule has 3 N–H and O–H groups in total. The Kier molecular flexibility index (Phi) is 6.97. The van der Waals surface area contributed by atoms with Crippen molar-refractivity contribution in [1.82, 2.24) is 9.97 Å². The van der Waals surface area contributed by atoms with Crippen LogP contribution in [0.5, 0.6) is 0 Å². The summed E-state index contributed by atoms with van der Waals surface area (Å²) in [6.45, 7) is 0. The van der Waals surface area contributed by atoms with E-state index in [0.29, 0.717) is 48.2 Å². The fraction of sp³-hybridized carbons (Fsp3) is 0.346. The van der Waals surface area contributed by atoms with Crippen LogP contribution in [-0.2, 0) is 19.0 Å². The fourth-order valence-electron chi connectivity index (χ4n) is 4.55. The van der Waals surface area contributed by atoms with E-state index in [0.717, 1.165) is 30.7 Å². The number of hydrogen-bond acceptors (Lipinski definition) is 4. The van der Waals surface area contributed by atoms with E-state index in [1.54, 1.807) is 12.3 Å². The van der Waals surface area contributed by atoms with Gasteiger partial charge in [-0.3, -0.25) is 14.8 Å². The number of aryl methyl sites for hydroxylation is 2. The summed E-state index contributed by atoms with van der Waals surface area (Å²) in [4.78, 5) is 21.5. The van der Waals surface area contributed by atoms with Crippen LogP contribution in [0.15, 0.2) is 54.7 Å². The molecule has 0 radical (unpaired) electrons. The van der Waals surface area contributed by atoms with Crippen LogP contribution in [0.1, 0.15) is 64.6 Å². The summed E-state index contributed by atoms with van der Waals surface area (Å²) in [6.07, 6.45) is 0.761. The molecule has 1 fully saturated rings. The average molecular weight is 470 g/mol. The van der Waals surface area contributed by atoms with Gasteiger partial charge in [0.2, 0.25) is 0 Å². The van der Waals surface area contributed by atoms with Crippen molar-refractivity contribution in [3.05, 3.63) is 82.9 Å². The Morgan fingerprint density at radius 3 is 2.41 bits per heavy atom. The summed E-state index contributed by atoms with van der Waals surface area (Å²) in [5, 5.41) is 10.6. The quantitative estimate of drug-likeness (QED) is 0.528. The molecule has 0 spiro atoms. The lowest BCUT2D eigenvalue weighted by atomic mass is 9.81. The van der Waals surface area contributed by atoms with E-state index in [-0.39, 0.29) is 11.5 Å². The zero-order valence-corrected chi connectivity index (χ0v) is 18.6. The van der Waals surface area contributed by atoms with E-state index in [4.69, 9.17) is 10.7 Å². The van der Waals surface area contributed by atoms with Gasteiger partial charge in [0.15, 0.2) is 0 Å². The Morgan fingerprint density at radius 2 is 1.79 bits per heavy atom. The number of alkyl halides is 3. The first-order valence-corrected chi connectivity index (χ1v) is 11.3. The molecule has 178 valence electrons. The van der Waals surface area contributed by atoms with Crippen LogP contribution < -0.4 is 5.73 Å². The molecule has 0 saturated heterocycles. The molecule has 1 aliphatic carbocycles. The number of primary amides is 1. The molecule has 1 amide bonds. The number of aliphatic hydroxyl groups excluding tert-OH is 1. The Bertz CT molecular complexity index is 1150. The van der Waals surface area contributed by atoms with Gasteiger partial charge in [-0.2, -0.15) is 13.2 Å². The number of amides is 1. The van der Waals surface area contributed by atoms with Crippen LogP contribution in [0.2, 0.25) is 0 Å². The highest BCUT2D eigenvalue weighted by atomic mass is 19.4. The van der Waals surface area contributed by atoms with Gasteiger partial charge >= 0.3 is 6.18 Å². The lowest BCUT2D eigenvalue weighted by Gasteiger charge is -2.29. The van der Waals surface area contributed by atoms with Crippen molar-refractivity contribution in [3.63, 3.8) is 0 Å². The number of carbonyl (C=O) groups excluding carboxylic acids is 1. The molecule has 1 aromatic carbocycles. The molecule has 0 unspecified atom stereocenters. The van der Waals surface area contributed by atoms with Crippen LogP contribution in [0.4, 0.5) is 13.2 Å². The number of halogens is 3. The largest absolute Gasteiger partial charge is 0.416 e. The third kappa shape index (κ3) is 5.28. The molecule has 34 heavy (non-hydrogen) atoms. The van der Waals surface area contributed by atoms with Gasteiger partial charge in [-0.15, -0.1) is 0 Å².